The van der Waals surface area contributed by atoms with Crippen LogP contribution in [-0.2, 0) is 4.74 Å². The average Bonchev–Trinajstić information content (AvgIpc) is 2.52. The van der Waals surface area contributed by atoms with Gasteiger partial charge in [-0.2, -0.15) is 0 Å². The monoisotopic (exact) mass is 283 g/mol. The van der Waals surface area contributed by atoms with E-state index in [2.05, 4.69) is 29.0 Å². The van der Waals surface area contributed by atoms with Gasteiger partial charge in [-0.05, 0) is 45.7 Å². The summed E-state index contributed by atoms with van der Waals surface area (Å²) in [7, 11) is 0. The second-order valence-corrected chi connectivity index (χ2v) is 6.31. The van der Waals surface area contributed by atoms with Crippen molar-refractivity contribution in [1.29, 1.82) is 0 Å². The van der Waals surface area contributed by atoms with E-state index in [4.69, 9.17) is 4.74 Å². The Hall–Kier alpha value is -0.160. The maximum Gasteiger partial charge on any atom is 0.0599 e. The van der Waals surface area contributed by atoms with Crippen molar-refractivity contribution in [2.24, 2.45) is 0 Å². The minimum absolute atomic E-state index is 0.513. The Morgan fingerprint density at radius 3 is 2.50 bits per heavy atom. The van der Waals surface area contributed by atoms with Crippen LogP contribution in [0.25, 0.3) is 0 Å². The molecule has 2 aliphatic heterocycles. The Morgan fingerprint density at radius 2 is 1.85 bits per heavy atom. The van der Waals surface area contributed by atoms with E-state index < -0.39 is 0 Å². The first-order chi connectivity index (χ1) is 9.79. The topological polar surface area (TPSA) is 27.7 Å². The number of rotatable bonds is 7. The average molecular weight is 283 g/mol. The molecule has 0 aromatic carbocycles. The van der Waals surface area contributed by atoms with E-state index in [9.17, 15) is 0 Å². The predicted octanol–water partition coefficient (Wildman–Crippen LogP) is 1.56. The zero-order valence-electron chi connectivity index (χ0n) is 13.4. The number of piperazine rings is 1. The fraction of sp³-hybridized carbons (Fsp3) is 1.00. The van der Waals surface area contributed by atoms with Crippen LogP contribution in [0.3, 0.4) is 0 Å². The Bertz CT molecular complexity index is 248. The third-order valence-electron chi connectivity index (χ3n) is 4.88. The summed E-state index contributed by atoms with van der Waals surface area (Å²) in [6.45, 7) is 14.0. The Kier molecular flexibility index (Phi) is 7.28. The fourth-order valence-corrected chi connectivity index (χ4v) is 3.19. The van der Waals surface area contributed by atoms with Crippen molar-refractivity contribution in [3.63, 3.8) is 0 Å². The quantitative estimate of drug-likeness (QED) is 0.718. The molecule has 1 N–H and O–H groups in total. The van der Waals surface area contributed by atoms with Gasteiger partial charge in [0.25, 0.3) is 0 Å². The maximum absolute atomic E-state index is 5.97. The van der Waals surface area contributed by atoms with Crippen molar-refractivity contribution in [3.05, 3.63) is 0 Å². The summed E-state index contributed by atoms with van der Waals surface area (Å²) >= 11 is 0. The highest BCUT2D eigenvalue weighted by molar-refractivity contribution is 4.75. The molecule has 0 aliphatic carbocycles. The molecule has 2 fully saturated rings. The molecule has 0 aromatic rings. The largest absolute Gasteiger partial charge is 0.378 e. The standard InChI is InChI=1S/C16H33N3O/c1-3-15(2)19-12-10-18(11-13-19)9-4-14-20-16-5-7-17-8-6-16/h15-17H,3-14H2,1-2H3. The molecule has 0 spiro atoms. The molecule has 0 aromatic heterocycles. The van der Waals surface area contributed by atoms with Crippen molar-refractivity contribution < 1.29 is 4.74 Å². The van der Waals surface area contributed by atoms with E-state index in [1.54, 1.807) is 0 Å². The van der Waals surface area contributed by atoms with Gasteiger partial charge in [-0.1, -0.05) is 6.92 Å². The molecule has 20 heavy (non-hydrogen) atoms. The molecule has 2 heterocycles. The van der Waals surface area contributed by atoms with Crippen LogP contribution >= 0.6 is 0 Å². The van der Waals surface area contributed by atoms with Gasteiger partial charge in [0.1, 0.15) is 0 Å². The highest BCUT2D eigenvalue weighted by atomic mass is 16.5. The van der Waals surface area contributed by atoms with Gasteiger partial charge in [0, 0.05) is 45.4 Å². The van der Waals surface area contributed by atoms with Gasteiger partial charge in [-0.25, -0.2) is 0 Å². The summed E-state index contributed by atoms with van der Waals surface area (Å²) in [6.07, 6.45) is 5.34. The number of piperidine rings is 1. The van der Waals surface area contributed by atoms with Crippen LogP contribution in [0.1, 0.15) is 39.5 Å². The Labute approximate surface area is 124 Å². The van der Waals surface area contributed by atoms with Crippen LogP contribution in [0.4, 0.5) is 0 Å². The van der Waals surface area contributed by atoms with Crippen molar-refractivity contribution in [3.8, 4) is 0 Å². The van der Waals surface area contributed by atoms with Crippen LogP contribution in [0.2, 0.25) is 0 Å². The van der Waals surface area contributed by atoms with E-state index in [0.717, 1.165) is 25.7 Å². The number of nitrogens with one attached hydrogen (secondary N) is 1. The molecule has 0 radical (unpaired) electrons. The lowest BCUT2D eigenvalue weighted by Crippen LogP contribution is -2.49. The SMILES string of the molecule is CCC(C)N1CCN(CCCOC2CCNCC2)CC1. The van der Waals surface area contributed by atoms with Gasteiger partial charge in [0.05, 0.1) is 6.10 Å². The summed E-state index contributed by atoms with van der Waals surface area (Å²) < 4.78 is 5.97. The van der Waals surface area contributed by atoms with Gasteiger partial charge in [-0.15, -0.1) is 0 Å². The molecule has 118 valence electrons. The van der Waals surface area contributed by atoms with Crippen molar-refractivity contribution >= 4 is 0 Å². The predicted molar refractivity (Wildman–Crippen MR) is 84.2 cm³/mol. The fourth-order valence-electron chi connectivity index (χ4n) is 3.19. The molecule has 0 amide bonds. The van der Waals surface area contributed by atoms with Crippen molar-refractivity contribution in [1.82, 2.24) is 15.1 Å². The highest BCUT2D eigenvalue weighted by Gasteiger charge is 2.19. The van der Waals surface area contributed by atoms with Gasteiger partial charge >= 0.3 is 0 Å². The summed E-state index contributed by atoms with van der Waals surface area (Å²) in [5.74, 6) is 0. The van der Waals surface area contributed by atoms with Gasteiger partial charge in [-0.3, -0.25) is 4.90 Å². The van der Waals surface area contributed by atoms with Crippen LogP contribution in [0, 0.1) is 0 Å². The zero-order chi connectivity index (χ0) is 14.2. The molecule has 0 saturated carbocycles. The number of nitrogens with zero attached hydrogens (tertiary/aromatic N) is 2. The minimum Gasteiger partial charge on any atom is -0.378 e. The third kappa shape index (κ3) is 5.32. The van der Waals surface area contributed by atoms with E-state index in [-0.39, 0.29) is 0 Å². The Balaban J connectivity index is 1.50. The molecular formula is C16H33N3O. The first-order valence-electron chi connectivity index (χ1n) is 8.58. The Morgan fingerprint density at radius 1 is 1.15 bits per heavy atom. The molecule has 2 rings (SSSR count). The lowest BCUT2D eigenvalue weighted by Gasteiger charge is -2.37. The second-order valence-electron chi connectivity index (χ2n) is 6.31. The number of ether oxygens (including phenoxy) is 1. The molecule has 2 saturated heterocycles. The first-order valence-corrected chi connectivity index (χ1v) is 8.58. The van der Waals surface area contributed by atoms with Gasteiger partial charge < -0.3 is 15.0 Å². The maximum atomic E-state index is 5.97. The van der Waals surface area contributed by atoms with Crippen LogP contribution in [0.15, 0.2) is 0 Å². The smallest absolute Gasteiger partial charge is 0.0599 e. The molecule has 2 aliphatic rings. The lowest BCUT2D eigenvalue weighted by atomic mass is 10.1. The normalized spacial score (nSPS) is 24.9. The van der Waals surface area contributed by atoms with E-state index in [1.807, 2.05) is 0 Å². The number of hydrogen-bond donors (Lipinski definition) is 1. The van der Waals surface area contributed by atoms with Crippen LogP contribution in [-0.4, -0.2) is 74.4 Å². The summed E-state index contributed by atoms with van der Waals surface area (Å²) in [4.78, 5) is 5.23. The first kappa shape index (κ1) is 16.2. The van der Waals surface area contributed by atoms with Gasteiger partial charge in [0.15, 0.2) is 0 Å². The molecule has 4 heteroatoms. The molecular weight excluding hydrogens is 250 g/mol. The molecule has 0 bridgehead atoms. The zero-order valence-corrected chi connectivity index (χ0v) is 13.4. The van der Waals surface area contributed by atoms with E-state index >= 15 is 0 Å². The summed E-state index contributed by atoms with van der Waals surface area (Å²) in [6, 6.07) is 0.750. The van der Waals surface area contributed by atoms with E-state index in [0.29, 0.717) is 6.10 Å². The summed E-state index contributed by atoms with van der Waals surface area (Å²) in [5, 5.41) is 3.38. The minimum atomic E-state index is 0.513. The molecule has 1 atom stereocenters. The lowest BCUT2D eigenvalue weighted by molar-refractivity contribution is 0.0239. The number of hydrogen-bond acceptors (Lipinski definition) is 4. The second kappa shape index (κ2) is 8.98. The van der Waals surface area contributed by atoms with Crippen LogP contribution < -0.4 is 5.32 Å². The van der Waals surface area contributed by atoms with Crippen molar-refractivity contribution in [2.75, 3.05) is 52.4 Å². The van der Waals surface area contributed by atoms with Crippen LogP contribution in [0.5, 0.6) is 0 Å². The summed E-state index contributed by atoms with van der Waals surface area (Å²) in [5.41, 5.74) is 0. The van der Waals surface area contributed by atoms with Gasteiger partial charge in [0.2, 0.25) is 0 Å². The third-order valence-corrected chi connectivity index (χ3v) is 4.88. The molecule has 1 unspecified atom stereocenters. The van der Waals surface area contributed by atoms with E-state index in [1.165, 1.54) is 58.4 Å². The molecule has 4 nitrogen and oxygen atoms in total. The van der Waals surface area contributed by atoms with Crippen molar-refractivity contribution in [2.45, 2.75) is 51.7 Å². The highest BCUT2D eigenvalue weighted by Crippen LogP contribution is 2.10.